The second-order valence-electron chi connectivity index (χ2n) is 20.5. The van der Waals surface area contributed by atoms with Crippen LogP contribution in [-0.2, 0) is 9.59 Å². The van der Waals surface area contributed by atoms with Gasteiger partial charge in [0.2, 0.25) is 5.91 Å². The van der Waals surface area contributed by atoms with Crippen molar-refractivity contribution in [2.75, 3.05) is 105 Å². The maximum atomic E-state index is 14.5. The number of amides is 9. The molecule has 462 valence electrons. The number of hydrogen-bond acceptors (Lipinski definition) is 18. The highest BCUT2D eigenvalue weighted by molar-refractivity contribution is 6.09. The van der Waals surface area contributed by atoms with E-state index in [4.69, 9.17) is 10.1 Å². The first-order valence-corrected chi connectivity index (χ1v) is 28.4. The number of hydrogen-bond donors (Lipinski definition) is 14. The maximum Gasteiger partial charge on any atom is 0.303 e. The highest BCUT2D eigenvalue weighted by Crippen LogP contribution is 2.26. The number of carbonyl (C=O) groups is 10. The quantitative estimate of drug-likeness (QED) is 0.0972. The van der Waals surface area contributed by atoms with Crippen molar-refractivity contribution in [1.82, 2.24) is 57.7 Å². The van der Waals surface area contributed by atoms with E-state index in [1.807, 2.05) is 9.80 Å². The van der Waals surface area contributed by atoms with Crippen LogP contribution in [0.3, 0.4) is 0 Å². The van der Waals surface area contributed by atoms with Crippen LogP contribution in [0.2, 0.25) is 0 Å². The monoisotopic (exact) mass is 1200 g/mol. The van der Waals surface area contributed by atoms with E-state index >= 15 is 0 Å². The van der Waals surface area contributed by atoms with Gasteiger partial charge in [-0.3, -0.25) is 67.7 Å². The molecule has 28 nitrogen and oxygen atoms in total. The first-order chi connectivity index (χ1) is 41.9. The van der Waals surface area contributed by atoms with Crippen molar-refractivity contribution in [3.63, 3.8) is 0 Å². The predicted octanol–water partition coefficient (Wildman–Crippen LogP) is -0.115. The number of unbranched alkanes of at least 4 members (excludes halogenated alkanes) is 1. The normalized spacial score (nSPS) is 19.8. The van der Waals surface area contributed by atoms with E-state index in [1.54, 1.807) is 0 Å². The summed E-state index contributed by atoms with van der Waals surface area (Å²) in [5, 5.41) is 79.6. The maximum absolute atomic E-state index is 14.5. The molecule has 0 fully saturated rings. The lowest BCUT2D eigenvalue weighted by Crippen LogP contribution is -2.46. The largest absolute Gasteiger partial charge is 0.506 e. The Morgan fingerprint density at radius 1 is 0.448 bits per heavy atom. The molecule has 12 bridgehead atoms. The summed E-state index contributed by atoms with van der Waals surface area (Å²) in [4.78, 5) is 148. The summed E-state index contributed by atoms with van der Waals surface area (Å²) in [6, 6.07) is 15.1. The van der Waals surface area contributed by atoms with Crippen LogP contribution >= 0.6 is 0 Å². The number of carbonyl (C=O) groups excluding carboxylic acids is 9. The van der Waals surface area contributed by atoms with Crippen molar-refractivity contribution >= 4 is 70.6 Å². The molecule has 14 N–H and O–H groups in total. The van der Waals surface area contributed by atoms with Gasteiger partial charge in [0.1, 0.15) is 23.0 Å². The molecule has 2 unspecified atom stereocenters. The van der Waals surface area contributed by atoms with E-state index in [-0.39, 0.29) is 192 Å². The van der Waals surface area contributed by atoms with Gasteiger partial charge in [0.15, 0.2) is 0 Å². The summed E-state index contributed by atoms with van der Waals surface area (Å²) in [5.74, 6) is -10.2. The Bertz CT molecular complexity index is 3230. The third-order valence-electron chi connectivity index (χ3n) is 14.5. The molecule has 0 saturated heterocycles. The fourth-order valence-electron chi connectivity index (χ4n) is 9.72. The first kappa shape index (κ1) is 64.6. The number of nitrogens with zero attached hydrogens (tertiary/aromatic N) is 4. The van der Waals surface area contributed by atoms with Gasteiger partial charge in [0.05, 0.1) is 94.7 Å². The van der Waals surface area contributed by atoms with Crippen molar-refractivity contribution in [2.24, 2.45) is 9.98 Å². The molecule has 9 rings (SSSR count). The fourth-order valence-corrected chi connectivity index (χ4v) is 9.72. The van der Waals surface area contributed by atoms with Crippen LogP contribution in [0.4, 0.5) is 0 Å². The Morgan fingerprint density at radius 3 is 1.20 bits per heavy atom. The zero-order chi connectivity index (χ0) is 62.4. The lowest BCUT2D eigenvalue weighted by molar-refractivity contribution is -0.137. The summed E-state index contributed by atoms with van der Waals surface area (Å²) in [7, 11) is 0. The number of para-hydroxylation sites is 4. The number of fused-ring (bicyclic) bond motifs is 10. The van der Waals surface area contributed by atoms with Gasteiger partial charge in [0.25, 0.3) is 47.3 Å². The van der Waals surface area contributed by atoms with Gasteiger partial charge in [-0.1, -0.05) is 24.3 Å². The summed E-state index contributed by atoms with van der Waals surface area (Å²) in [6.07, 6.45) is 0.580. The number of rotatable bonds is 9. The van der Waals surface area contributed by atoms with Crippen LogP contribution in [0.5, 0.6) is 23.0 Å². The lowest BCUT2D eigenvalue weighted by atomic mass is 10.0. The molecule has 0 radical (unpaired) electrons. The van der Waals surface area contributed by atoms with Crippen LogP contribution < -0.4 is 47.9 Å². The number of benzene rings is 4. The molecule has 0 aromatic heterocycles. The third kappa shape index (κ3) is 18.3. The van der Waals surface area contributed by atoms with Crippen molar-refractivity contribution in [2.45, 2.75) is 44.6 Å². The number of aliphatic carboxylic acids is 1. The number of aliphatic imine (C=N–C) groups is 2. The highest BCUT2D eigenvalue weighted by atomic mass is 16.4. The minimum atomic E-state index is -1.09. The van der Waals surface area contributed by atoms with Crippen LogP contribution in [0.1, 0.15) is 121 Å². The average Bonchev–Trinajstić information content (AvgIpc) is 3.25. The standard InChI is InChI=1S/C59H71N13O15/c73-46(17-7-18-47(74)75)62-19-2-1-16-44-45-34-69-58(86)42-14-5-10-38(50(42)78)54(82)65-24-28-72(29-25-66-55(83)39-11-6-15-43(51(39)79)59(87)70-44)31-30-71-26-22-63-52(80)36-8-3-12-40(48(36)76)56(84)67-32-35(60-20-21-61-45)33-68-57(85)41-13-4-9-37(49(41)77)53(81)64-23-27-71/h3-6,8-15,44,76-79H,1-2,7,16-34H2,(H,62,73)(H,63,80)(H,64,81)(H,65,82)(H,66,83)(H,67,84)(H,68,85)(H,69,86)(H,70,87)(H,74,75)/b61-45-. The fraction of sp³-hybridized carbons (Fsp3) is 0.390. The van der Waals surface area contributed by atoms with Gasteiger partial charge in [-0.25, -0.2) is 0 Å². The Morgan fingerprint density at radius 2 is 0.805 bits per heavy atom. The Balaban J connectivity index is 1.34. The van der Waals surface area contributed by atoms with Gasteiger partial charge >= 0.3 is 5.97 Å². The molecule has 5 heterocycles. The lowest BCUT2D eigenvalue weighted by Gasteiger charge is -2.28. The molecule has 4 aromatic rings. The molecule has 9 amide bonds. The third-order valence-corrected chi connectivity index (χ3v) is 14.5. The molecule has 0 saturated carbocycles. The van der Waals surface area contributed by atoms with E-state index in [9.17, 15) is 68.4 Å². The Labute approximate surface area is 499 Å². The van der Waals surface area contributed by atoms with Crippen LogP contribution in [0.25, 0.3) is 0 Å². The predicted molar refractivity (Wildman–Crippen MR) is 316 cm³/mol. The van der Waals surface area contributed by atoms with Gasteiger partial charge < -0.3 is 73.4 Å². The van der Waals surface area contributed by atoms with Crippen molar-refractivity contribution in [3.8, 4) is 23.0 Å². The molecular weight excluding hydrogens is 1130 g/mol. The molecule has 28 heteroatoms. The molecule has 5 aliphatic rings. The minimum Gasteiger partial charge on any atom is -0.506 e. The molecule has 2 atom stereocenters. The second kappa shape index (κ2) is 31.8. The van der Waals surface area contributed by atoms with Gasteiger partial charge in [-0.15, -0.1) is 0 Å². The molecule has 5 aliphatic heterocycles. The summed E-state index contributed by atoms with van der Waals surface area (Å²) in [5.41, 5.74) is -1.79. The molecule has 4 aromatic carbocycles. The van der Waals surface area contributed by atoms with E-state index in [0.717, 1.165) is 0 Å². The Kier molecular flexibility index (Phi) is 23.6. The summed E-state index contributed by atoms with van der Waals surface area (Å²) < 4.78 is 0. The van der Waals surface area contributed by atoms with Gasteiger partial charge in [0, 0.05) is 84.8 Å². The molecular formula is C59H71N13O15. The molecule has 87 heavy (non-hydrogen) atoms. The summed E-state index contributed by atoms with van der Waals surface area (Å²) in [6.45, 7) is -0.561. The second-order valence-corrected chi connectivity index (χ2v) is 20.5. The SMILES string of the molecule is O=C(O)CCCC(=O)NCCCCC1NC(=O)c2cccc(c2O)C(=O)NCCN2CCNC(=O)c3cccc(c3O)C(=O)NC/C1=N/CCN=C1CNC(=O)c3cccc(c3O)C(=O)NCCN(CCNC(=O)c3cccc(c3O)C(=O)NC1)CC2. The zero-order valence-electron chi connectivity index (χ0n) is 47.7. The first-order valence-electron chi connectivity index (χ1n) is 28.4. The number of nitrogens with one attached hydrogen (secondary N) is 9. The number of carboxylic acids is 1. The average molecular weight is 1200 g/mol. The minimum absolute atomic E-state index is 0.0132. The van der Waals surface area contributed by atoms with Crippen LogP contribution in [0.15, 0.2) is 82.8 Å². The van der Waals surface area contributed by atoms with Gasteiger partial charge in [-0.05, 0) is 74.2 Å². The van der Waals surface area contributed by atoms with Crippen LogP contribution in [-0.4, -0.2) is 217 Å². The van der Waals surface area contributed by atoms with Crippen LogP contribution in [0, 0.1) is 0 Å². The van der Waals surface area contributed by atoms with E-state index in [1.165, 1.54) is 72.8 Å². The topological polar surface area (TPSA) is 411 Å². The van der Waals surface area contributed by atoms with E-state index in [0.29, 0.717) is 6.42 Å². The van der Waals surface area contributed by atoms with E-state index in [2.05, 4.69) is 52.8 Å². The van der Waals surface area contributed by atoms with Crippen molar-refractivity contribution in [3.05, 3.63) is 117 Å². The highest BCUT2D eigenvalue weighted by Gasteiger charge is 2.28. The summed E-state index contributed by atoms with van der Waals surface area (Å²) >= 11 is 0. The molecule has 0 spiro atoms. The van der Waals surface area contributed by atoms with Crippen molar-refractivity contribution in [1.29, 1.82) is 0 Å². The number of phenols is 4. The van der Waals surface area contributed by atoms with Gasteiger partial charge in [-0.2, -0.15) is 0 Å². The number of aromatic hydroxyl groups is 4. The zero-order valence-corrected chi connectivity index (χ0v) is 47.7. The smallest absolute Gasteiger partial charge is 0.303 e. The number of phenolic OH excluding ortho intramolecular Hbond substituents is 4. The van der Waals surface area contributed by atoms with E-state index < -0.39 is 88.8 Å². The molecule has 0 aliphatic carbocycles. The Hall–Kier alpha value is -9.96. The number of carboxylic acid groups (broad SMARTS) is 1. The van der Waals surface area contributed by atoms with Crippen molar-refractivity contribution < 1.29 is 73.5 Å².